The molecular formula is C18H11FN2O2. The molecule has 2 heterocycles. The number of aromatic carboxylic acids is 1. The first kappa shape index (κ1) is 13.5. The summed E-state index contributed by atoms with van der Waals surface area (Å²) in [6, 6.07) is 13.6. The Hall–Kier alpha value is -3.21. The SMILES string of the molecule is O=C(O)c1ncc2[nH]c3ccc(F)cc3c2c1-c1ccccc1. The zero-order valence-corrected chi connectivity index (χ0v) is 11.9. The molecule has 5 heteroatoms. The summed E-state index contributed by atoms with van der Waals surface area (Å²) in [6.07, 6.45) is 1.48. The van der Waals surface area contributed by atoms with Gasteiger partial charge in [-0.05, 0) is 23.8 Å². The van der Waals surface area contributed by atoms with Crippen LogP contribution in [-0.4, -0.2) is 21.0 Å². The number of pyridine rings is 1. The van der Waals surface area contributed by atoms with Gasteiger partial charge in [0.2, 0.25) is 0 Å². The Morgan fingerprint density at radius 2 is 1.87 bits per heavy atom. The molecule has 0 unspecified atom stereocenters. The number of halogens is 1. The second kappa shape index (κ2) is 4.91. The molecule has 2 aromatic heterocycles. The molecule has 0 aliphatic heterocycles. The molecule has 0 aliphatic rings. The summed E-state index contributed by atoms with van der Waals surface area (Å²) in [5, 5.41) is 10.8. The molecule has 112 valence electrons. The van der Waals surface area contributed by atoms with Crippen molar-refractivity contribution in [3.8, 4) is 11.1 Å². The first-order valence-corrected chi connectivity index (χ1v) is 7.04. The van der Waals surface area contributed by atoms with Gasteiger partial charge in [0.25, 0.3) is 0 Å². The molecule has 4 nitrogen and oxygen atoms in total. The normalized spacial score (nSPS) is 11.2. The number of fused-ring (bicyclic) bond motifs is 3. The van der Waals surface area contributed by atoms with Crippen LogP contribution in [0.2, 0.25) is 0 Å². The summed E-state index contributed by atoms with van der Waals surface area (Å²) >= 11 is 0. The highest BCUT2D eigenvalue weighted by atomic mass is 19.1. The molecule has 2 aromatic carbocycles. The van der Waals surface area contributed by atoms with Crippen molar-refractivity contribution in [2.75, 3.05) is 0 Å². The van der Waals surface area contributed by atoms with Gasteiger partial charge in [-0.15, -0.1) is 0 Å². The van der Waals surface area contributed by atoms with Crippen molar-refractivity contribution in [2.45, 2.75) is 0 Å². The van der Waals surface area contributed by atoms with Gasteiger partial charge in [-0.3, -0.25) is 0 Å². The maximum Gasteiger partial charge on any atom is 0.355 e. The minimum atomic E-state index is -1.11. The number of aromatic amines is 1. The number of rotatable bonds is 2. The van der Waals surface area contributed by atoms with Gasteiger partial charge in [0.15, 0.2) is 5.69 Å². The van der Waals surface area contributed by atoms with E-state index in [1.807, 2.05) is 30.3 Å². The molecule has 4 rings (SSSR count). The van der Waals surface area contributed by atoms with Crippen LogP contribution in [0, 0.1) is 5.82 Å². The lowest BCUT2D eigenvalue weighted by Crippen LogP contribution is -2.03. The van der Waals surface area contributed by atoms with E-state index in [0.717, 1.165) is 11.1 Å². The number of carboxylic acid groups (broad SMARTS) is 1. The number of hydrogen-bond acceptors (Lipinski definition) is 2. The molecule has 0 radical (unpaired) electrons. The predicted octanol–water partition coefficient (Wildman–Crippen LogP) is 4.22. The van der Waals surface area contributed by atoms with Crippen LogP contribution in [0.5, 0.6) is 0 Å². The maximum absolute atomic E-state index is 13.7. The summed E-state index contributed by atoms with van der Waals surface area (Å²) in [4.78, 5) is 18.9. The van der Waals surface area contributed by atoms with Crippen LogP contribution < -0.4 is 0 Å². The van der Waals surface area contributed by atoms with Gasteiger partial charge in [0, 0.05) is 21.9 Å². The highest BCUT2D eigenvalue weighted by Crippen LogP contribution is 2.36. The van der Waals surface area contributed by atoms with Crippen molar-refractivity contribution in [3.05, 3.63) is 66.2 Å². The minimum absolute atomic E-state index is 0.0474. The number of carboxylic acids is 1. The minimum Gasteiger partial charge on any atom is -0.476 e. The third-order valence-corrected chi connectivity index (χ3v) is 3.86. The molecule has 0 amide bonds. The summed E-state index contributed by atoms with van der Waals surface area (Å²) in [6.45, 7) is 0. The summed E-state index contributed by atoms with van der Waals surface area (Å²) in [5.41, 5.74) is 2.59. The average molecular weight is 306 g/mol. The molecule has 0 spiro atoms. The largest absolute Gasteiger partial charge is 0.476 e. The van der Waals surface area contributed by atoms with E-state index in [0.29, 0.717) is 21.9 Å². The number of benzene rings is 2. The van der Waals surface area contributed by atoms with Crippen molar-refractivity contribution < 1.29 is 14.3 Å². The van der Waals surface area contributed by atoms with E-state index < -0.39 is 5.97 Å². The Bertz CT molecular complexity index is 1050. The van der Waals surface area contributed by atoms with E-state index in [-0.39, 0.29) is 11.5 Å². The van der Waals surface area contributed by atoms with E-state index in [4.69, 9.17) is 0 Å². The van der Waals surface area contributed by atoms with Gasteiger partial charge >= 0.3 is 5.97 Å². The van der Waals surface area contributed by atoms with E-state index in [1.165, 1.54) is 18.3 Å². The Morgan fingerprint density at radius 3 is 2.61 bits per heavy atom. The number of H-pyrrole nitrogens is 1. The average Bonchev–Trinajstić information content (AvgIpc) is 2.92. The van der Waals surface area contributed by atoms with Gasteiger partial charge < -0.3 is 10.1 Å². The molecule has 0 saturated heterocycles. The highest BCUT2D eigenvalue weighted by Gasteiger charge is 2.20. The Kier molecular flexibility index (Phi) is 2.87. The third kappa shape index (κ3) is 2.05. The first-order chi connectivity index (χ1) is 11.1. The quantitative estimate of drug-likeness (QED) is 0.582. The molecule has 0 bridgehead atoms. The molecule has 0 fully saturated rings. The van der Waals surface area contributed by atoms with Crippen LogP contribution in [0.3, 0.4) is 0 Å². The van der Waals surface area contributed by atoms with Crippen molar-refractivity contribution in [1.29, 1.82) is 0 Å². The van der Waals surface area contributed by atoms with E-state index in [1.54, 1.807) is 6.07 Å². The Morgan fingerprint density at radius 1 is 1.09 bits per heavy atom. The number of hydrogen-bond donors (Lipinski definition) is 2. The van der Waals surface area contributed by atoms with Crippen molar-refractivity contribution in [1.82, 2.24) is 9.97 Å². The van der Waals surface area contributed by atoms with Gasteiger partial charge in [0.1, 0.15) is 5.82 Å². The summed E-state index contributed by atoms with van der Waals surface area (Å²) < 4.78 is 13.7. The van der Waals surface area contributed by atoms with Gasteiger partial charge in [-0.2, -0.15) is 0 Å². The third-order valence-electron chi connectivity index (χ3n) is 3.86. The molecule has 0 aliphatic carbocycles. The smallest absolute Gasteiger partial charge is 0.355 e. The van der Waals surface area contributed by atoms with Gasteiger partial charge in [0.05, 0.1) is 11.7 Å². The number of aromatic nitrogens is 2. The molecule has 23 heavy (non-hydrogen) atoms. The number of carbonyl (C=O) groups is 1. The monoisotopic (exact) mass is 306 g/mol. The summed E-state index contributed by atoms with van der Waals surface area (Å²) in [5.74, 6) is -1.48. The highest BCUT2D eigenvalue weighted by molar-refractivity contribution is 6.17. The van der Waals surface area contributed by atoms with Crippen LogP contribution >= 0.6 is 0 Å². The van der Waals surface area contributed by atoms with Gasteiger partial charge in [-0.1, -0.05) is 30.3 Å². The van der Waals surface area contributed by atoms with Crippen LogP contribution in [0.4, 0.5) is 4.39 Å². The number of nitrogens with one attached hydrogen (secondary N) is 1. The summed E-state index contributed by atoms with van der Waals surface area (Å²) in [7, 11) is 0. The lowest BCUT2D eigenvalue weighted by atomic mass is 9.98. The van der Waals surface area contributed by atoms with Crippen LogP contribution in [0.25, 0.3) is 32.9 Å². The van der Waals surface area contributed by atoms with Gasteiger partial charge in [-0.25, -0.2) is 14.2 Å². The molecule has 0 atom stereocenters. The molecule has 4 aromatic rings. The van der Waals surface area contributed by atoms with Crippen molar-refractivity contribution >= 4 is 27.8 Å². The van der Waals surface area contributed by atoms with Crippen LogP contribution in [0.1, 0.15) is 10.5 Å². The zero-order valence-electron chi connectivity index (χ0n) is 11.9. The maximum atomic E-state index is 13.7. The lowest BCUT2D eigenvalue weighted by Gasteiger charge is -2.08. The standard InChI is InChI=1S/C18H11FN2O2/c19-11-6-7-13-12(8-11)16-14(21-13)9-20-17(18(22)23)15(16)10-4-2-1-3-5-10/h1-9,21H,(H,22,23). The Labute approximate surface area is 130 Å². The molecule has 0 saturated carbocycles. The fourth-order valence-corrected chi connectivity index (χ4v) is 2.91. The van der Waals surface area contributed by atoms with Crippen molar-refractivity contribution in [2.24, 2.45) is 0 Å². The fourth-order valence-electron chi connectivity index (χ4n) is 2.91. The molecule has 2 N–H and O–H groups in total. The number of nitrogens with zero attached hydrogens (tertiary/aromatic N) is 1. The van der Waals surface area contributed by atoms with Crippen LogP contribution in [0.15, 0.2) is 54.7 Å². The second-order valence-corrected chi connectivity index (χ2v) is 5.26. The van der Waals surface area contributed by atoms with Crippen LogP contribution in [-0.2, 0) is 0 Å². The van der Waals surface area contributed by atoms with E-state index in [2.05, 4.69) is 9.97 Å². The first-order valence-electron chi connectivity index (χ1n) is 7.04. The topological polar surface area (TPSA) is 66.0 Å². The van der Waals surface area contributed by atoms with E-state index in [9.17, 15) is 14.3 Å². The zero-order chi connectivity index (χ0) is 16.0. The van der Waals surface area contributed by atoms with Crippen molar-refractivity contribution in [3.63, 3.8) is 0 Å². The predicted molar refractivity (Wildman–Crippen MR) is 86.0 cm³/mol. The lowest BCUT2D eigenvalue weighted by molar-refractivity contribution is 0.0691. The Balaban J connectivity index is 2.23. The molecular weight excluding hydrogens is 295 g/mol. The van der Waals surface area contributed by atoms with E-state index >= 15 is 0 Å². The fraction of sp³-hybridized carbons (Fsp3) is 0. The second-order valence-electron chi connectivity index (χ2n) is 5.26.